The van der Waals surface area contributed by atoms with Gasteiger partial charge in [0.05, 0.1) is 27.5 Å². The highest BCUT2D eigenvalue weighted by atomic mass is 35.5. The number of aromatic nitrogens is 1. The zero-order chi connectivity index (χ0) is 24.7. The van der Waals surface area contributed by atoms with Crippen LogP contribution in [0.3, 0.4) is 0 Å². The van der Waals surface area contributed by atoms with Crippen LogP contribution in [0, 0.1) is 0 Å². The minimum absolute atomic E-state index is 0. The van der Waals surface area contributed by atoms with Crippen molar-refractivity contribution in [2.45, 2.75) is 32.1 Å². The van der Waals surface area contributed by atoms with Crippen molar-refractivity contribution in [3.63, 3.8) is 0 Å². The van der Waals surface area contributed by atoms with E-state index in [-0.39, 0.29) is 35.4 Å². The van der Waals surface area contributed by atoms with Gasteiger partial charge < -0.3 is 9.64 Å². The number of amides is 1. The lowest BCUT2D eigenvalue weighted by Crippen LogP contribution is -2.39. The number of halogens is 2. The number of anilines is 1. The molecule has 0 saturated carbocycles. The highest BCUT2D eigenvalue weighted by Crippen LogP contribution is 2.32. The van der Waals surface area contributed by atoms with Crippen molar-refractivity contribution in [1.29, 1.82) is 0 Å². The molecular formula is C24H31Cl2N3O4S2. The van der Waals surface area contributed by atoms with Crippen LogP contribution >= 0.6 is 35.3 Å². The Hall–Kier alpha value is -1.91. The molecule has 1 aromatic heterocycles. The van der Waals surface area contributed by atoms with E-state index in [9.17, 15) is 13.2 Å². The van der Waals surface area contributed by atoms with E-state index in [1.807, 2.05) is 25.1 Å². The summed E-state index contributed by atoms with van der Waals surface area (Å²) in [5, 5.41) is 1.02. The third-order valence-electron chi connectivity index (χ3n) is 5.48. The molecule has 0 bridgehead atoms. The Labute approximate surface area is 222 Å². The second-order valence-electron chi connectivity index (χ2n) is 7.65. The number of nitrogens with zero attached hydrogens (tertiary/aromatic N) is 3. The van der Waals surface area contributed by atoms with Gasteiger partial charge in [0, 0.05) is 24.5 Å². The molecule has 1 amide bonds. The van der Waals surface area contributed by atoms with Crippen molar-refractivity contribution in [1.82, 2.24) is 9.88 Å². The smallest absolute Gasteiger partial charge is 0.229 e. The maximum Gasteiger partial charge on any atom is 0.229 e. The molecule has 7 nitrogen and oxygen atoms in total. The molecule has 3 aromatic rings. The summed E-state index contributed by atoms with van der Waals surface area (Å²) in [6.45, 7) is 9.45. The molecule has 0 unspecified atom stereocenters. The number of ether oxygens (including phenoxy) is 1. The molecule has 0 aliphatic rings. The molecule has 0 fully saturated rings. The van der Waals surface area contributed by atoms with Crippen molar-refractivity contribution in [2.24, 2.45) is 0 Å². The van der Waals surface area contributed by atoms with Crippen LogP contribution in [0.4, 0.5) is 5.13 Å². The Morgan fingerprint density at radius 1 is 1.06 bits per heavy atom. The van der Waals surface area contributed by atoms with Gasteiger partial charge in [0.15, 0.2) is 15.0 Å². The fourth-order valence-electron chi connectivity index (χ4n) is 3.49. The molecule has 0 aliphatic carbocycles. The van der Waals surface area contributed by atoms with Gasteiger partial charge in [-0.25, -0.2) is 13.4 Å². The molecule has 1 heterocycles. The number of thiazole rings is 1. The van der Waals surface area contributed by atoms with Gasteiger partial charge in [-0.1, -0.05) is 36.8 Å². The number of sulfone groups is 1. The van der Waals surface area contributed by atoms with Gasteiger partial charge >= 0.3 is 0 Å². The summed E-state index contributed by atoms with van der Waals surface area (Å²) in [5.74, 6) is 0.197. The van der Waals surface area contributed by atoms with Crippen LogP contribution in [-0.4, -0.2) is 62.7 Å². The lowest BCUT2D eigenvalue weighted by molar-refractivity contribution is -0.118. The first-order chi connectivity index (χ1) is 16.3. The van der Waals surface area contributed by atoms with E-state index in [2.05, 4.69) is 23.7 Å². The van der Waals surface area contributed by atoms with Gasteiger partial charge in [-0.15, -0.1) is 12.4 Å². The average molecular weight is 561 g/mol. The zero-order valence-corrected chi connectivity index (χ0v) is 23.3. The maximum absolute atomic E-state index is 13.3. The quantitative estimate of drug-likeness (QED) is 0.299. The Bertz CT molecular complexity index is 1210. The van der Waals surface area contributed by atoms with E-state index >= 15 is 0 Å². The molecule has 192 valence electrons. The predicted octanol–water partition coefficient (Wildman–Crippen LogP) is 5.31. The second kappa shape index (κ2) is 13.4. The van der Waals surface area contributed by atoms with Gasteiger partial charge in [0.25, 0.3) is 0 Å². The van der Waals surface area contributed by atoms with Crippen LogP contribution in [0.5, 0.6) is 5.75 Å². The number of rotatable bonds is 12. The number of carbonyl (C=O) groups excluding carboxylic acids is 1. The molecule has 0 atom stereocenters. The molecular weight excluding hydrogens is 529 g/mol. The fraction of sp³-hybridized carbons (Fsp3) is 0.417. The first-order valence-electron chi connectivity index (χ1n) is 11.3. The highest BCUT2D eigenvalue weighted by molar-refractivity contribution is 7.91. The summed E-state index contributed by atoms with van der Waals surface area (Å²) in [5.41, 5.74) is 0.776. The van der Waals surface area contributed by atoms with Crippen molar-refractivity contribution in [2.75, 3.05) is 43.4 Å². The Kier molecular flexibility index (Phi) is 11.2. The van der Waals surface area contributed by atoms with Crippen LogP contribution in [0.15, 0.2) is 47.4 Å². The third kappa shape index (κ3) is 7.79. The van der Waals surface area contributed by atoms with Gasteiger partial charge in [-0.05, 0) is 62.5 Å². The number of hydrogen-bond donors (Lipinski definition) is 0. The molecule has 35 heavy (non-hydrogen) atoms. The van der Waals surface area contributed by atoms with Crippen molar-refractivity contribution in [3.8, 4) is 5.75 Å². The predicted molar refractivity (Wildman–Crippen MR) is 146 cm³/mol. The van der Waals surface area contributed by atoms with E-state index < -0.39 is 9.84 Å². The van der Waals surface area contributed by atoms with E-state index in [1.54, 1.807) is 4.90 Å². The Balaban J connectivity index is 0.00000432. The number of hydrogen-bond acceptors (Lipinski definition) is 7. The largest absolute Gasteiger partial charge is 0.494 e. The van der Waals surface area contributed by atoms with E-state index in [0.717, 1.165) is 29.1 Å². The molecule has 0 spiro atoms. The number of likely N-dealkylation sites (N-methyl/N-ethyl adjacent to an activating group) is 1. The van der Waals surface area contributed by atoms with E-state index in [4.69, 9.17) is 16.3 Å². The van der Waals surface area contributed by atoms with Crippen molar-refractivity contribution in [3.05, 3.63) is 47.5 Å². The summed E-state index contributed by atoms with van der Waals surface area (Å²) in [6, 6.07) is 11.6. The summed E-state index contributed by atoms with van der Waals surface area (Å²) in [6.07, 6.45) is -0.136. The van der Waals surface area contributed by atoms with Crippen LogP contribution in [0.2, 0.25) is 5.02 Å². The maximum atomic E-state index is 13.3. The highest BCUT2D eigenvalue weighted by Gasteiger charge is 2.24. The molecule has 0 radical (unpaired) electrons. The van der Waals surface area contributed by atoms with Crippen molar-refractivity contribution < 1.29 is 17.9 Å². The van der Waals surface area contributed by atoms with Gasteiger partial charge in [0.2, 0.25) is 5.91 Å². The Morgan fingerprint density at radius 3 is 2.37 bits per heavy atom. The van der Waals surface area contributed by atoms with Gasteiger partial charge in [-0.3, -0.25) is 9.69 Å². The van der Waals surface area contributed by atoms with Crippen LogP contribution in [0.25, 0.3) is 10.2 Å². The molecule has 11 heteroatoms. The standard InChI is InChI=1S/C24H30ClN3O4S2.ClH/c1-4-27(5-2)14-15-28(24-26-21-12-9-19(32-6-3)17-22(21)33-24)23(29)13-16-34(30,31)20-10-7-18(25)8-11-20;/h7-12,17H,4-6,13-16H2,1-3H3;1H. The van der Waals surface area contributed by atoms with Gasteiger partial charge in [-0.2, -0.15) is 0 Å². The lowest BCUT2D eigenvalue weighted by atomic mass is 10.3. The molecule has 2 aromatic carbocycles. The molecule has 0 aliphatic heterocycles. The SMILES string of the molecule is CCOc1ccc2nc(N(CCN(CC)CC)C(=O)CCS(=O)(=O)c3ccc(Cl)cc3)sc2c1.Cl. The fourth-order valence-corrected chi connectivity index (χ4v) is 5.88. The minimum atomic E-state index is -3.62. The number of fused-ring (bicyclic) bond motifs is 1. The summed E-state index contributed by atoms with van der Waals surface area (Å²) in [4.78, 5) is 21.9. The lowest BCUT2D eigenvalue weighted by Gasteiger charge is -2.24. The van der Waals surface area contributed by atoms with Gasteiger partial charge in [0.1, 0.15) is 5.75 Å². The number of benzene rings is 2. The first-order valence-corrected chi connectivity index (χ1v) is 14.2. The van der Waals surface area contributed by atoms with Crippen LogP contribution < -0.4 is 9.64 Å². The summed E-state index contributed by atoms with van der Waals surface area (Å²) in [7, 11) is -3.62. The first kappa shape index (κ1) is 29.3. The minimum Gasteiger partial charge on any atom is -0.494 e. The molecule has 3 rings (SSSR count). The molecule has 0 saturated heterocycles. The summed E-state index contributed by atoms with van der Waals surface area (Å²) < 4.78 is 32.0. The number of carbonyl (C=O) groups is 1. The van der Waals surface area contributed by atoms with E-state index in [1.165, 1.54) is 35.6 Å². The third-order valence-corrected chi connectivity index (χ3v) is 8.51. The van der Waals surface area contributed by atoms with E-state index in [0.29, 0.717) is 29.9 Å². The average Bonchev–Trinajstić information content (AvgIpc) is 3.24. The topological polar surface area (TPSA) is 79.8 Å². The zero-order valence-electron chi connectivity index (χ0n) is 20.1. The Morgan fingerprint density at radius 2 is 1.74 bits per heavy atom. The van der Waals surface area contributed by atoms with Crippen LogP contribution in [0.1, 0.15) is 27.2 Å². The normalized spacial score (nSPS) is 11.5. The monoisotopic (exact) mass is 559 g/mol. The van der Waals surface area contributed by atoms with Crippen molar-refractivity contribution >= 4 is 66.4 Å². The summed E-state index contributed by atoms with van der Waals surface area (Å²) >= 11 is 7.27. The molecule has 0 N–H and O–H groups in total. The van der Waals surface area contributed by atoms with Crippen LogP contribution in [-0.2, 0) is 14.6 Å². The second-order valence-corrected chi connectivity index (χ2v) is 11.2.